The van der Waals surface area contributed by atoms with Gasteiger partial charge < -0.3 is 0 Å². The van der Waals surface area contributed by atoms with Crippen molar-refractivity contribution in [1.82, 2.24) is 0 Å². The molecule has 0 N–H and O–H groups in total. The smallest absolute Gasteiger partial charge is 0.0656 e. The summed E-state index contributed by atoms with van der Waals surface area (Å²) in [6.07, 6.45) is 0. The molecule has 0 spiro atoms. The maximum absolute atomic E-state index is 2.57. The zero-order valence-corrected chi connectivity index (χ0v) is 48.3. The lowest BCUT2D eigenvalue weighted by atomic mass is 9.80. The topological polar surface area (TPSA) is 0 Å². The molecule has 0 aromatic heterocycles. The van der Waals surface area contributed by atoms with E-state index < -0.39 is 32.3 Å². The Labute approximate surface area is 430 Å². The van der Waals surface area contributed by atoms with Crippen LogP contribution < -0.4 is 20.7 Å². The summed E-state index contributed by atoms with van der Waals surface area (Å²) in [6.45, 7) is 29.8. The van der Waals surface area contributed by atoms with Crippen molar-refractivity contribution in [3.63, 3.8) is 0 Å². The van der Waals surface area contributed by atoms with E-state index in [1.807, 2.05) is 0 Å². The van der Waals surface area contributed by atoms with Crippen molar-refractivity contribution in [2.75, 3.05) is 0 Å². The van der Waals surface area contributed by atoms with Crippen LogP contribution in [0.3, 0.4) is 0 Å². The average molecular weight is 996 g/mol. The van der Waals surface area contributed by atoms with E-state index in [-0.39, 0.29) is 0 Å². The van der Waals surface area contributed by atoms with Gasteiger partial charge in [-0.2, -0.15) is 0 Å². The molecule has 0 bridgehead atoms. The van der Waals surface area contributed by atoms with E-state index in [0.717, 1.165) is 0 Å². The number of hydrogen-bond acceptors (Lipinski definition) is 0. The van der Waals surface area contributed by atoms with Crippen LogP contribution in [0.15, 0.2) is 182 Å². The molecule has 0 aliphatic rings. The molecule has 12 aromatic rings. The summed E-state index contributed by atoms with van der Waals surface area (Å²) in [5.41, 5.74) is 10.4. The van der Waals surface area contributed by atoms with Crippen LogP contribution in [0.5, 0.6) is 0 Å². The summed E-state index contributed by atoms with van der Waals surface area (Å²) in [5.74, 6) is 0. The van der Waals surface area contributed by atoms with Gasteiger partial charge in [0.2, 0.25) is 0 Å². The van der Waals surface area contributed by atoms with Crippen molar-refractivity contribution in [2.24, 2.45) is 0 Å². The Bertz CT molecular complexity index is 3650. The maximum Gasteiger partial charge on any atom is 0.0784 e. The first-order valence-corrected chi connectivity index (χ1v) is 40.2. The fourth-order valence-electron chi connectivity index (χ4n) is 12.6. The van der Waals surface area contributed by atoms with E-state index >= 15 is 0 Å². The van der Waals surface area contributed by atoms with Crippen molar-refractivity contribution in [3.8, 4) is 44.5 Å². The first kappa shape index (κ1) is 46.6. The highest BCUT2D eigenvalue weighted by Gasteiger charge is 2.28. The lowest BCUT2D eigenvalue weighted by Gasteiger charge is -2.26. The van der Waals surface area contributed by atoms with Crippen LogP contribution >= 0.6 is 0 Å². The second kappa shape index (κ2) is 16.6. The van der Waals surface area contributed by atoms with E-state index in [1.165, 1.54) is 141 Å². The molecule has 4 heteroatoms. The molecule has 0 unspecified atom stereocenters. The quantitative estimate of drug-likeness (QED) is 0.105. The predicted molar refractivity (Wildman–Crippen MR) is 334 cm³/mol. The van der Waals surface area contributed by atoms with E-state index in [9.17, 15) is 0 Å². The number of fused-ring (bicyclic) bond motifs is 4. The first-order chi connectivity index (χ1) is 34.3. The Hall–Kier alpha value is -6.41. The molecule has 0 atom stereocenters. The highest BCUT2D eigenvalue weighted by atomic mass is 28.3. The van der Waals surface area contributed by atoms with Crippen molar-refractivity contribution in [3.05, 3.63) is 182 Å². The van der Waals surface area contributed by atoms with Gasteiger partial charge in [-0.05, 0) is 132 Å². The molecular formula is C68H66Si4. The Morgan fingerprint density at radius 2 is 0.375 bits per heavy atom. The molecule has 0 aliphatic carbocycles. The average Bonchev–Trinajstić information content (AvgIpc) is 3.35. The molecule has 12 aromatic carbocycles. The van der Waals surface area contributed by atoms with Gasteiger partial charge in [0, 0.05) is 0 Å². The maximum atomic E-state index is 2.57. The normalized spacial score (nSPS) is 13.0. The zero-order valence-electron chi connectivity index (χ0n) is 44.3. The van der Waals surface area contributed by atoms with Gasteiger partial charge in [0.1, 0.15) is 0 Å². The molecule has 0 fully saturated rings. The third kappa shape index (κ3) is 7.39. The molecule has 72 heavy (non-hydrogen) atoms. The monoisotopic (exact) mass is 994 g/mol. The fraction of sp³-hybridized carbons (Fsp3) is 0.176. The lowest BCUT2D eigenvalue weighted by molar-refractivity contribution is 1.65. The minimum Gasteiger partial charge on any atom is -0.0656 e. The standard InChI is InChI=1S/C68H66Si4/c1-69(2,3)63-37-33-47(43-21-13-17-25-51(43)63)59-41-60(48-34-38-64(70(4,5)6)52-26-18-14-22-44(48)52)56-31-32-58-62(50-36-40-66(72(10,11)12)54-28-20-16-24-46(50)54)42-61(57-30-29-55(59)67(56)68(57)58)49-35-39-65(71(7,8)9)53-27-19-15-23-45(49)53/h13-42H,1-12H3. The van der Waals surface area contributed by atoms with Crippen LogP contribution in [0.25, 0.3) is 120 Å². The minimum absolute atomic E-state index is 1.30. The zero-order chi connectivity index (χ0) is 50.2. The number of hydrogen-bond donors (Lipinski definition) is 0. The fourth-order valence-corrected chi connectivity index (χ4v) is 19.1. The van der Waals surface area contributed by atoms with E-state index in [4.69, 9.17) is 0 Å². The molecule has 12 rings (SSSR count). The van der Waals surface area contributed by atoms with E-state index in [2.05, 4.69) is 261 Å². The van der Waals surface area contributed by atoms with Crippen LogP contribution in [0.2, 0.25) is 78.6 Å². The summed E-state index contributed by atoms with van der Waals surface area (Å²) in [7, 11) is -6.72. The van der Waals surface area contributed by atoms with Gasteiger partial charge in [0.15, 0.2) is 0 Å². The van der Waals surface area contributed by atoms with Crippen molar-refractivity contribution >= 4 is 128 Å². The van der Waals surface area contributed by atoms with Gasteiger partial charge in [0.25, 0.3) is 0 Å². The SMILES string of the molecule is C[Si](C)(C)c1ccc(-c2cc(-c3ccc([Si](C)(C)C)c4ccccc34)c3ccc4c(-c5ccc([Si](C)(C)C)c6ccccc56)cc(-c5ccc([Si](C)(C)C)c6ccccc56)c5ccc2c3c54)c2ccccc12. The van der Waals surface area contributed by atoms with Crippen LogP contribution in [-0.4, -0.2) is 32.3 Å². The summed E-state index contributed by atoms with van der Waals surface area (Å²) in [5, 5.41) is 24.9. The highest BCUT2D eigenvalue weighted by Crippen LogP contribution is 2.51. The molecule has 0 radical (unpaired) electrons. The van der Waals surface area contributed by atoms with Crippen LogP contribution in [0.4, 0.5) is 0 Å². The molecule has 0 saturated heterocycles. The Morgan fingerprint density at radius 1 is 0.181 bits per heavy atom. The Kier molecular flexibility index (Phi) is 10.7. The van der Waals surface area contributed by atoms with Gasteiger partial charge in [-0.1, -0.05) is 269 Å². The second-order valence-electron chi connectivity index (χ2n) is 24.8. The molecule has 0 aliphatic heterocycles. The third-order valence-corrected chi connectivity index (χ3v) is 24.2. The Morgan fingerprint density at radius 3 is 0.569 bits per heavy atom. The van der Waals surface area contributed by atoms with E-state index in [0.29, 0.717) is 0 Å². The summed E-state index contributed by atoms with van der Waals surface area (Å²) in [6, 6.07) is 71.8. The van der Waals surface area contributed by atoms with Crippen molar-refractivity contribution < 1.29 is 0 Å². The molecule has 354 valence electrons. The van der Waals surface area contributed by atoms with Gasteiger partial charge in [-0.3, -0.25) is 0 Å². The summed E-state index contributed by atoms with van der Waals surface area (Å²) >= 11 is 0. The van der Waals surface area contributed by atoms with Crippen molar-refractivity contribution in [1.29, 1.82) is 0 Å². The summed E-state index contributed by atoms with van der Waals surface area (Å²) in [4.78, 5) is 0. The highest BCUT2D eigenvalue weighted by molar-refractivity contribution is 6.92. The van der Waals surface area contributed by atoms with E-state index in [1.54, 1.807) is 0 Å². The van der Waals surface area contributed by atoms with Crippen LogP contribution in [0.1, 0.15) is 0 Å². The van der Waals surface area contributed by atoms with Gasteiger partial charge in [-0.25, -0.2) is 0 Å². The van der Waals surface area contributed by atoms with Crippen LogP contribution in [-0.2, 0) is 0 Å². The number of benzene rings is 12. The van der Waals surface area contributed by atoms with Gasteiger partial charge >= 0.3 is 0 Å². The molecule has 0 amide bonds. The molecule has 0 heterocycles. The second-order valence-corrected chi connectivity index (χ2v) is 45.0. The molecular weight excluding hydrogens is 929 g/mol. The Balaban J connectivity index is 1.29. The third-order valence-electron chi connectivity index (χ3n) is 16.0. The molecule has 0 nitrogen and oxygen atoms in total. The van der Waals surface area contributed by atoms with Gasteiger partial charge in [-0.15, -0.1) is 0 Å². The number of rotatable bonds is 8. The van der Waals surface area contributed by atoms with Crippen LogP contribution in [0, 0.1) is 0 Å². The van der Waals surface area contributed by atoms with Gasteiger partial charge in [0.05, 0.1) is 32.3 Å². The largest absolute Gasteiger partial charge is 0.0784 e. The molecule has 0 saturated carbocycles. The minimum atomic E-state index is -1.68. The van der Waals surface area contributed by atoms with Crippen molar-refractivity contribution in [2.45, 2.75) is 78.6 Å². The first-order valence-electron chi connectivity index (χ1n) is 26.2. The lowest BCUT2D eigenvalue weighted by Crippen LogP contribution is -2.38. The summed E-state index contributed by atoms with van der Waals surface area (Å²) < 4.78 is 0. The predicted octanol–water partition coefficient (Wildman–Crippen LogP) is 18.0.